The third-order valence-corrected chi connectivity index (χ3v) is 6.44. The summed E-state index contributed by atoms with van der Waals surface area (Å²) in [7, 11) is 1.57. The maximum atomic E-state index is 13.6. The zero-order valence-electron chi connectivity index (χ0n) is 21.2. The molecule has 1 heterocycles. The van der Waals surface area contributed by atoms with Gasteiger partial charge in [-0.3, -0.25) is 9.59 Å². The van der Waals surface area contributed by atoms with E-state index in [1.54, 1.807) is 36.3 Å². The summed E-state index contributed by atoms with van der Waals surface area (Å²) in [5.41, 5.74) is 4.56. The monoisotopic (exact) mass is 501 g/mol. The van der Waals surface area contributed by atoms with E-state index in [9.17, 15) is 14.0 Å². The topological polar surface area (TPSA) is 65.6 Å². The lowest BCUT2D eigenvalue weighted by Gasteiger charge is -2.28. The fraction of sp³-hybridized carbons (Fsp3) is 0.267. The van der Waals surface area contributed by atoms with Gasteiger partial charge >= 0.3 is 0 Å². The summed E-state index contributed by atoms with van der Waals surface area (Å²) >= 11 is 0. The predicted octanol–water partition coefficient (Wildman–Crippen LogP) is 4.98. The van der Waals surface area contributed by atoms with Crippen LogP contribution in [0.2, 0.25) is 0 Å². The average molecular weight is 502 g/mol. The largest absolute Gasteiger partial charge is 0.383 e. The lowest BCUT2D eigenvalue weighted by atomic mass is 10.1. The van der Waals surface area contributed by atoms with Crippen LogP contribution in [0, 0.1) is 12.7 Å². The van der Waals surface area contributed by atoms with Gasteiger partial charge in [-0.15, -0.1) is 0 Å². The summed E-state index contributed by atoms with van der Waals surface area (Å²) in [6.07, 6.45) is 2.61. The maximum absolute atomic E-state index is 13.6. The molecule has 1 aromatic heterocycles. The van der Waals surface area contributed by atoms with E-state index >= 15 is 0 Å². The van der Waals surface area contributed by atoms with Crippen molar-refractivity contribution in [2.75, 3.05) is 33.4 Å². The highest BCUT2D eigenvalue weighted by Crippen LogP contribution is 2.19. The molecule has 0 bridgehead atoms. The molecule has 6 nitrogen and oxygen atoms in total. The molecule has 0 aliphatic rings. The normalized spacial score (nSPS) is 11.0. The number of aryl methyl sites for hydroxylation is 1. The van der Waals surface area contributed by atoms with Crippen LogP contribution in [0.4, 0.5) is 4.39 Å². The van der Waals surface area contributed by atoms with Crippen molar-refractivity contribution in [2.24, 2.45) is 0 Å². The maximum Gasteiger partial charge on any atom is 0.254 e. The summed E-state index contributed by atoms with van der Waals surface area (Å²) in [6, 6.07) is 21.5. The van der Waals surface area contributed by atoms with E-state index in [0.29, 0.717) is 38.2 Å². The van der Waals surface area contributed by atoms with Gasteiger partial charge in [0.15, 0.2) is 0 Å². The molecule has 37 heavy (non-hydrogen) atoms. The third-order valence-electron chi connectivity index (χ3n) is 6.44. The number of amides is 2. The first-order chi connectivity index (χ1) is 17.9. The first-order valence-electron chi connectivity index (χ1n) is 12.4. The Labute approximate surface area is 216 Å². The first-order valence-corrected chi connectivity index (χ1v) is 12.4. The Morgan fingerprint density at radius 1 is 0.919 bits per heavy atom. The highest BCUT2D eigenvalue weighted by molar-refractivity contribution is 5.96. The Bertz CT molecular complexity index is 1330. The minimum atomic E-state index is -0.324. The van der Waals surface area contributed by atoms with Crippen molar-refractivity contribution in [3.05, 3.63) is 107 Å². The molecule has 1 N–H and O–H groups in total. The molecule has 0 aliphatic heterocycles. The van der Waals surface area contributed by atoms with Crippen LogP contribution in [-0.2, 0) is 22.5 Å². The molecule has 0 spiro atoms. The van der Waals surface area contributed by atoms with Gasteiger partial charge in [-0.2, -0.15) is 0 Å². The minimum Gasteiger partial charge on any atom is -0.383 e. The van der Waals surface area contributed by atoms with E-state index in [-0.39, 0.29) is 24.2 Å². The number of rotatable bonds is 11. The molecule has 4 aromatic rings. The van der Waals surface area contributed by atoms with Gasteiger partial charge < -0.3 is 19.5 Å². The number of carbonyl (C=O) groups excluding carboxylic acids is 2. The van der Waals surface area contributed by atoms with Crippen LogP contribution in [0.1, 0.15) is 27.0 Å². The number of fused-ring (bicyclic) bond motifs is 1. The Kier molecular flexibility index (Phi) is 8.69. The van der Waals surface area contributed by atoms with Crippen molar-refractivity contribution in [2.45, 2.75) is 19.9 Å². The van der Waals surface area contributed by atoms with E-state index in [0.717, 1.165) is 27.6 Å². The number of ether oxygens (including phenoxy) is 1. The van der Waals surface area contributed by atoms with Gasteiger partial charge in [0.2, 0.25) is 5.91 Å². The minimum absolute atomic E-state index is 0.0782. The lowest BCUT2D eigenvalue weighted by molar-refractivity contribution is -0.132. The smallest absolute Gasteiger partial charge is 0.254 e. The molecule has 0 fully saturated rings. The van der Waals surface area contributed by atoms with Crippen molar-refractivity contribution in [3.8, 4) is 0 Å². The molecule has 0 radical (unpaired) electrons. The molecule has 2 amide bonds. The zero-order chi connectivity index (χ0) is 26.2. The summed E-state index contributed by atoms with van der Waals surface area (Å²) in [5, 5.41) is 1.12. The van der Waals surface area contributed by atoms with Crippen molar-refractivity contribution in [3.63, 3.8) is 0 Å². The van der Waals surface area contributed by atoms with E-state index in [4.69, 9.17) is 4.74 Å². The second kappa shape index (κ2) is 12.3. The van der Waals surface area contributed by atoms with Crippen molar-refractivity contribution >= 4 is 22.7 Å². The highest BCUT2D eigenvalue weighted by Gasteiger charge is 2.23. The van der Waals surface area contributed by atoms with Crippen molar-refractivity contribution < 1.29 is 18.7 Å². The molecule has 0 saturated carbocycles. The van der Waals surface area contributed by atoms with E-state index in [1.807, 2.05) is 43.5 Å². The number of H-pyrrole nitrogens is 1. The molecule has 0 atom stereocenters. The number of halogens is 1. The summed E-state index contributed by atoms with van der Waals surface area (Å²) < 4.78 is 18.7. The standard InChI is InChI=1S/C30H32FN3O3/c1-22-7-11-24(12-8-22)30(36)34(17-18-37-2)21-29(35)33(20-23-9-13-26(31)14-10-23)16-15-25-19-32-28-6-4-3-5-27(25)28/h3-14,19,32H,15-18,20-21H2,1-2H3. The number of methoxy groups -OCH3 is 1. The summed E-state index contributed by atoms with van der Waals surface area (Å²) in [5.74, 6) is -0.723. The van der Waals surface area contributed by atoms with Gasteiger partial charge in [0.05, 0.1) is 6.61 Å². The summed E-state index contributed by atoms with van der Waals surface area (Å²) in [6.45, 7) is 3.26. The second-order valence-corrected chi connectivity index (χ2v) is 9.14. The fourth-order valence-corrected chi connectivity index (χ4v) is 4.29. The number of hydrogen-bond donors (Lipinski definition) is 1. The average Bonchev–Trinajstić information content (AvgIpc) is 3.33. The lowest BCUT2D eigenvalue weighted by Crippen LogP contribution is -2.44. The second-order valence-electron chi connectivity index (χ2n) is 9.14. The molecule has 4 rings (SSSR count). The number of aromatic amines is 1. The molecule has 7 heteroatoms. The Morgan fingerprint density at radius 3 is 2.38 bits per heavy atom. The molecular formula is C30H32FN3O3. The Balaban J connectivity index is 1.53. The molecular weight excluding hydrogens is 469 g/mol. The van der Waals surface area contributed by atoms with Crippen molar-refractivity contribution in [1.29, 1.82) is 0 Å². The van der Waals surface area contributed by atoms with Crippen LogP contribution in [0.15, 0.2) is 79.0 Å². The SMILES string of the molecule is COCCN(CC(=O)N(CCc1c[nH]c2ccccc12)Cc1ccc(F)cc1)C(=O)c1ccc(C)cc1. The molecule has 192 valence electrons. The quantitative estimate of drug-likeness (QED) is 0.315. The van der Waals surface area contributed by atoms with Gasteiger partial charge in [-0.25, -0.2) is 4.39 Å². The number of nitrogens with one attached hydrogen (secondary N) is 1. The van der Waals surface area contributed by atoms with Gasteiger partial charge in [-0.1, -0.05) is 48.0 Å². The fourth-order valence-electron chi connectivity index (χ4n) is 4.29. The Morgan fingerprint density at radius 2 is 1.65 bits per heavy atom. The Hall–Kier alpha value is -3.97. The number of nitrogens with zero attached hydrogens (tertiary/aromatic N) is 2. The number of carbonyl (C=O) groups is 2. The van der Waals surface area contributed by atoms with Crippen LogP contribution < -0.4 is 0 Å². The van der Waals surface area contributed by atoms with Gasteiger partial charge in [0.25, 0.3) is 5.91 Å². The molecule has 3 aromatic carbocycles. The number of hydrogen-bond acceptors (Lipinski definition) is 3. The van der Waals surface area contributed by atoms with Gasteiger partial charge in [0, 0.05) is 49.4 Å². The first kappa shape index (κ1) is 26.1. The third kappa shape index (κ3) is 6.83. The number of aromatic nitrogens is 1. The van der Waals surface area contributed by atoms with Crippen molar-refractivity contribution in [1.82, 2.24) is 14.8 Å². The predicted molar refractivity (Wildman–Crippen MR) is 143 cm³/mol. The zero-order valence-corrected chi connectivity index (χ0v) is 21.2. The van der Waals surface area contributed by atoms with Crippen LogP contribution in [0.5, 0.6) is 0 Å². The molecule has 0 aliphatic carbocycles. The van der Waals surface area contributed by atoms with Crippen LogP contribution in [0.3, 0.4) is 0 Å². The molecule has 0 unspecified atom stereocenters. The van der Waals surface area contributed by atoms with E-state index in [2.05, 4.69) is 11.1 Å². The van der Waals surface area contributed by atoms with Crippen LogP contribution in [-0.4, -0.2) is 59.9 Å². The highest BCUT2D eigenvalue weighted by atomic mass is 19.1. The van der Waals surface area contributed by atoms with E-state index < -0.39 is 0 Å². The summed E-state index contributed by atoms with van der Waals surface area (Å²) in [4.78, 5) is 33.4. The van der Waals surface area contributed by atoms with Gasteiger partial charge in [0.1, 0.15) is 12.4 Å². The van der Waals surface area contributed by atoms with Gasteiger partial charge in [-0.05, 0) is 54.8 Å². The van der Waals surface area contributed by atoms with E-state index in [1.165, 1.54) is 17.0 Å². The number of para-hydroxylation sites is 1. The molecule has 0 saturated heterocycles. The van der Waals surface area contributed by atoms with Crippen LogP contribution in [0.25, 0.3) is 10.9 Å². The van der Waals surface area contributed by atoms with Crippen LogP contribution >= 0.6 is 0 Å². The number of benzene rings is 3.